The van der Waals surface area contributed by atoms with Gasteiger partial charge in [0.15, 0.2) is 9.76 Å². The Hall–Kier alpha value is -0.483. The van der Waals surface area contributed by atoms with Gasteiger partial charge in [0, 0.05) is 31.3 Å². The van der Waals surface area contributed by atoms with Gasteiger partial charge in [-0.25, -0.2) is 0 Å². The molecule has 134 valence electrons. The van der Waals surface area contributed by atoms with E-state index in [9.17, 15) is 9.59 Å². The van der Waals surface area contributed by atoms with E-state index in [1.54, 1.807) is 0 Å². The summed E-state index contributed by atoms with van der Waals surface area (Å²) >= 11 is 0. The predicted octanol–water partition coefficient (Wildman–Crippen LogP) is 3.30. The third kappa shape index (κ3) is 2.32. The molecule has 0 bridgehead atoms. The lowest BCUT2D eigenvalue weighted by molar-refractivity contribution is -0.152. The molecule has 0 saturated heterocycles. The lowest BCUT2D eigenvalue weighted by Crippen LogP contribution is -2.56. The van der Waals surface area contributed by atoms with Crippen molar-refractivity contribution in [3.05, 3.63) is 0 Å². The van der Waals surface area contributed by atoms with Gasteiger partial charge in [-0.1, -0.05) is 13.5 Å². The van der Waals surface area contributed by atoms with Crippen LogP contribution in [0.25, 0.3) is 0 Å². The van der Waals surface area contributed by atoms with Crippen LogP contribution in [0.3, 0.4) is 0 Å². The van der Waals surface area contributed by atoms with Crippen LogP contribution in [0.4, 0.5) is 0 Å². The van der Waals surface area contributed by atoms with Gasteiger partial charge < -0.3 is 4.43 Å². The second kappa shape index (κ2) is 6.05. The van der Waals surface area contributed by atoms with Crippen LogP contribution in [-0.4, -0.2) is 27.9 Å². The number of ketones is 2. The van der Waals surface area contributed by atoms with Gasteiger partial charge in [-0.15, -0.1) is 0 Å². The molecule has 0 unspecified atom stereocenters. The van der Waals surface area contributed by atoms with Crippen molar-refractivity contribution in [1.82, 2.24) is 0 Å². The van der Waals surface area contributed by atoms with Crippen LogP contribution < -0.4 is 0 Å². The number of hydrogen-bond acceptors (Lipinski definition) is 3. The molecule has 0 amide bonds. The molecule has 4 saturated carbocycles. The second-order valence-electron chi connectivity index (χ2n) is 9.18. The average molecular weight is 349 g/mol. The van der Waals surface area contributed by atoms with Crippen molar-refractivity contribution in [1.29, 1.82) is 0 Å². The Morgan fingerprint density at radius 1 is 1.08 bits per heavy atom. The summed E-state index contributed by atoms with van der Waals surface area (Å²) in [4.78, 5) is 24.6. The molecule has 4 heteroatoms. The van der Waals surface area contributed by atoms with E-state index in [2.05, 4.69) is 13.5 Å². The molecule has 0 aliphatic heterocycles. The van der Waals surface area contributed by atoms with Crippen LogP contribution in [-0.2, 0) is 14.0 Å². The van der Waals surface area contributed by atoms with Crippen LogP contribution in [0.5, 0.6) is 0 Å². The summed E-state index contributed by atoms with van der Waals surface area (Å²) in [6, 6.07) is 0. The van der Waals surface area contributed by atoms with Gasteiger partial charge >= 0.3 is 0 Å². The Kier molecular flexibility index (Phi) is 4.27. The summed E-state index contributed by atoms with van der Waals surface area (Å²) in [5.74, 6) is 3.52. The van der Waals surface area contributed by atoms with E-state index in [1.807, 2.05) is 0 Å². The second-order valence-corrected chi connectivity index (χ2v) is 10.2. The molecule has 0 radical (unpaired) electrons. The number of rotatable bonds is 3. The predicted molar refractivity (Wildman–Crippen MR) is 96.4 cm³/mol. The van der Waals surface area contributed by atoms with E-state index in [0.717, 1.165) is 45.1 Å². The molecule has 4 aliphatic carbocycles. The summed E-state index contributed by atoms with van der Waals surface area (Å²) in [6.07, 6.45) is 9.19. The van der Waals surface area contributed by atoms with Crippen LogP contribution >= 0.6 is 0 Å². The Balaban J connectivity index is 1.66. The number of carbonyl (C=O) groups is 2. The summed E-state index contributed by atoms with van der Waals surface area (Å²) in [6.45, 7) is 5.36. The first-order valence-electron chi connectivity index (χ1n) is 10.1. The van der Waals surface area contributed by atoms with E-state index < -0.39 is 9.76 Å². The lowest BCUT2D eigenvalue weighted by atomic mass is 9.45. The van der Waals surface area contributed by atoms with Crippen molar-refractivity contribution in [3.63, 3.8) is 0 Å². The highest BCUT2D eigenvalue weighted by atomic mass is 28.2. The van der Waals surface area contributed by atoms with Crippen molar-refractivity contribution in [2.45, 2.75) is 71.3 Å². The Bertz CT molecular complexity index is 547. The monoisotopic (exact) mass is 348 g/mol. The van der Waals surface area contributed by atoms with Gasteiger partial charge in [-0.2, -0.15) is 0 Å². The van der Waals surface area contributed by atoms with E-state index in [0.29, 0.717) is 35.2 Å². The van der Waals surface area contributed by atoms with E-state index in [1.165, 1.54) is 19.3 Å². The largest absolute Gasteiger partial charge is 0.424 e. The van der Waals surface area contributed by atoms with Crippen molar-refractivity contribution in [2.24, 2.45) is 34.5 Å². The summed E-state index contributed by atoms with van der Waals surface area (Å²) in [5.41, 5.74) is 0.201. The molecule has 0 aromatic carbocycles. The summed E-state index contributed by atoms with van der Waals surface area (Å²) in [5, 5.41) is 0. The maximum absolute atomic E-state index is 12.5. The molecule has 3 nitrogen and oxygen atoms in total. The van der Waals surface area contributed by atoms with Gasteiger partial charge in [0.2, 0.25) is 0 Å². The topological polar surface area (TPSA) is 43.4 Å². The van der Waals surface area contributed by atoms with Gasteiger partial charge in [0.1, 0.15) is 11.6 Å². The molecule has 0 spiro atoms. The number of carbonyl (C=O) groups excluding carboxylic acids is 2. The van der Waals surface area contributed by atoms with Gasteiger partial charge in [-0.05, 0) is 67.6 Å². The minimum Gasteiger partial charge on any atom is -0.424 e. The summed E-state index contributed by atoms with van der Waals surface area (Å²) < 4.78 is 6.14. The molecular formula is C20H32O3Si. The number of Topliss-reactive ketones (excluding diaryl/α,β-unsaturated/α-hetero) is 2. The quantitative estimate of drug-likeness (QED) is 0.735. The maximum atomic E-state index is 12.5. The fourth-order valence-corrected chi connectivity index (χ4v) is 7.78. The van der Waals surface area contributed by atoms with E-state index in [-0.39, 0.29) is 10.8 Å². The van der Waals surface area contributed by atoms with Crippen molar-refractivity contribution in [3.8, 4) is 0 Å². The number of hydrogen-bond donors (Lipinski definition) is 0. The zero-order chi connectivity index (χ0) is 16.9. The standard InChI is InChI=1S/C20H32O3Si/c1-19-9-8-17-15(16(19)5-6-18(19)22)4-3-13-11-14(21)7-10-20(13,17)12-23-24-2/h13,15-17H,3-12,24H2,1-2H3/t13-,15+,16+,17+,19+,20-/m1/s1. The fraction of sp³-hybridized carbons (Fsp3) is 0.900. The fourth-order valence-electron chi connectivity index (χ4n) is 7.19. The highest BCUT2D eigenvalue weighted by Gasteiger charge is 2.61. The molecule has 24 heavy (non-hydrogen) atoms. The first kappa shape index (κ1) is 17.0. The first-order chi connectivity index (χ1) is 11.5. The molecule has 0 aromatic heterocycles. The third-order valence-electron chi connectivity index (χ3n) is 8.46. The third-order valence-corrected chi connectivity index (χ3v) is 9.08. The Morgan fingerprint density at radius 3 is 2.71 bits per heavy atom. The van der Waals surface area contributed by atoms with Gasteiger partial charge in [-0.3, -0.25) is 9.59 Å². The minimum absolute atomic E-state index is 0.0416. The minimum atomic E-state index is -0.408. The van der Waals surface area contributed by atoms with Crippen molar-refractivity contribution in [2.75, 3.05) is 6.61 Å². The molecule has 6 atom stereocenters. The van der Waals surface area contributed by atoms with Gasteiger partial charge in [0.25, 0.3) is 0 Å². The van der Waals surface area contributed by atoms with E-state index in [4.69, 9.17) is 4.43 Å². The van der Waals surface area contributed by atoms with Crippen LogP contribution in [0.1, 0.15) is 64.7 Å². The zero-order valence-electron chi connectivity index (χ0n) is 15.3. The van der Waals surface area contributed by atoms with E-state index >= 15 is 0 Å². The SMILES string of the molecule is C[SiH2]OC[C@]12CCC(=O)C[C@H]1CC[C@@H]1[C@@H]2CC[C@]2(C)C(=O)CC[C@@H]12. The Morgan fingerprint density at radius 2 is 1.92 bits per heavy atom. The molecule has 0 N–H and O–H groups in total. The van der Waals surface area contributed by atoms with Crippen LogP contribution in [0.2, 0.25) is 6.55 Å². The molecule has 4 fully saturated rings. The first-order valence-corrected chi connectivity index (χ1v) is 12.1. The molecule has 4 aliphatic rings. The molecule has 0 heterocycles. The zero-order valence-corrected chi connectivity index (χ0v) is 16.7. The summed E-state index contributed by atoms with van der Waals surface area (Å²) in [7, 11) is -0.408. The maximum Gasteiger partial charge on any atom is 0.158 e. The molecular weight excluding hydrogens is 316 g/mol. The van der Waals surface area contributed by atoms with Gasteiger partial charge in [0.05, 0.1) is 0 Å². The smallest absolute Gasteiger partial charge is 0.158 e. The average Bonchev–Trinajstić information content (AvgIpc) is 2.88. The van der Waals surface area contributed by atoms with Crippen LogP contribution in [0.15, 0.2) is 0 Å². The number of fused-ring (bicyclic) bond motifs is 5. The van der Waals surface area contributed by atoms with Crippen molar-refractivity contribution >= 4 is 21.3 Å². The highest BCUT2D eigenvalue weighted by molar-refractivity contribution is 6.24. The Labute approximate surface area is 148 Å². The van der Waals surface area contributed by atoms with Crippen molar-refractivity contribution < 1.29 is 14.0 Å². The molecule has 0 aromatic rings. The lowest BCUT2D eigenvalue weighted by Gasteiger charge is -2.60. The highest BCUT2D eigenvalue weighted by Crippen LogP contribution is 2.65. The van der Waals surface area contributed by atoms with Crippen LogP contribution in [0, 0.1) is 34.5 Å². The molecule has 4 rings (SSSR count). The normalized spacial score (nSPS) is 48.4.